The number of rotatable bonds is 2. The molecule has 2 aromatic rings. The molecule has 3 nitrogen and oxygen atoms in total. The van der Waals surface area contributed by atoms with Crippen LogP contribution in [0.1, 0.15) is 5.56 Å². The summed E-state index contributed by atoms with van der Waals surface area (Å²) in [4.78, 5) is 4.29. The van der Waals surface area contributed by atoms with E-state index < -0.39 is 0 Å². The van der Waals surface area contributed by atoms with Crippen molar-refractivity contribution in [2.45, 2.75) is 6.42 Å². The molecule has 0 amide bonds. The molecule has 0 bridgehead atoms. The van der Waals surface area contributed by atoms with Crippen LogP contribution < -0.4 is 0 Å². The molecule has 0 fully saturated rings. The second-order valence-corrected chi connectivity index (χ2v) is 3.11. The molecule has 1 aromatic carbocycles. The van der Waals surface area contributed by atoms with Gasteiger partial charge in [0.25, 0.3) is 0 Å². The molecule has 68 valence electrons. The highest BCUT2D eigenvalue weighted by Gasteiger charge is 2.03. The van der Waals surface area contributed by atoms with E-state index in [9.17, 15) is 0 Å². The SMILES string of the molecule is Cn1cnc2c(CCO)cccc21. The molecule has 0 atom stereocenters. The van der Waals surface area contributed by atoms with Crippen molar-refractivity contribution >= 4 is 11.0 Å². The largest absolute Gasteiger partial charge is 0.396 e. The molecule has 1 heterocycles. The Kier molecular flexibility index (Phi) is 2.02. The van der Waals surface area contributed by atoms with Gasteiger partial charge in [0.05, 0.1) is 17.4 Å². The summed E-state index contributed by atoms with van der Waals surface area (Å²) < 4.78 is 1.98. The van der Waals surface area contributed by atoms with Crippen molar-refractivity contribution in [1.29, 1.82) is 0 Å². The van der Waals surface area contributed by atoms with Crippen LogP contribution in [0.5, 0.6) is 0 Å². The monoisotopic (exact) mass is 176 g/mol. The van der Waals surface area contributed by atoms with Crippen LogP contribution in [-0.4, -0.2) is 21.3 Å². The minimum atomic E-state index is 0.176. The van der Waals surface area contributed by atoms with Gasteiger partial charge in [0.1, 0.15) is 0 Å². The molecule has 0 radical (unpaired) electrons. The van der Waals surface area contributed by atoms with Crippen LogP contribution >= 0.6 is 0 Å². The van der Waals surface area contributed by atoms with E-state index in [1.54, 1.807) is 6.33 Å². The van der Waals surface area contributed by atoms with E-state index in [0.717, 1.165) is 16.6 Å². The molecule has 0 spiro atoms. The first-order valence-corrected chi connectivity index (χ1v) is 4.32. The van der Waals surface area contributed by atoms with Crippen LogP contribution in [0.3, 0.4) is 0 Å². The molecule has 0 saturated heterocycles. The molecular weight excluding hydrogens is 164 g/mol. The first kappa shape index (κ1) is 8.26. The number of nitrogens with zero attached hydrogens (tertiary/aromatic N) is 2. The zero-order valence-electron chi connectivity index (χ0n) is 7.57. The third kappa shape index (κ3) is 1.31. The lowest BCUT2D eigenvalue weighted by Gasteiger charge is -1.99. The number of fused-ring (bicyclic) bond motifs is 1. The van der Waals surface area contributed by atoms with Gasteiger partial charge in [0.2, 0.25) is 0 Å². The minimum absolute atomic E-state index is 0.176. The van der Waals surface area contributed by atoms with Crippen LogP contribution in [0, 0.1) is 0 Å². The number of benzene rings is 1. The van der Waals surface area contributed by atoms with E-state index in [2.05, 4.69) is 4.98 Å². The Morgan fingerprint density at radius 1 is 1.46 bits per heavy atom. The number of hydrogen-bond donors (Lipinski definition) is 1. The first-order chi connectivity index (χ1) is 6.33. The average Bonchev–Trinajstić information content (AvgIpc) is 2.50. The van der Waals surface area contributed by atoms with Crippen molar-refractivity contribution in [1.82, 2.24) is 9.55 Å². The Balaban J connectivity index is 2.63. The third-order valence-corrected chi connectivity index (χ3v) is 2.22. The topological polar surface area (TPSA) is 38.0 Å². The summed E-state index contributed by atoms with van der Waals surface area (Å²) in [5.74, 6) is 0. The molecular formula is C10H12N2O. The molecule has 3 heteroatoms. The highest BCUT2D eigenvalue weighted by Crippen LogP contribution is 2.16. The van der Waals surface area contributed by atoms with E-state index in [1.165, 1.54) is 0 Å². The van der Waals surface area contributed by atoms with Gasteiger partial charge >= 0.3 is 0 Å². The summed E-state index contributed by atoms with van der Waals surface area (Å²) in [5.41, 5.74) is 3.23. The molecule has 0 aliphatic rings. The lowest BCUT2D eigenvalue weighted by Crippen LogP contribution is -1.92. The molecule has 2 rings (SSSR count). The fourth-order valence-corrected chi connectivity index (χ4v) is 1.54. The third-order valence-electron chi connectivity index (χ3n) is 2.22. The van der Waals surface area contributed by atoms with Crippen LogP contribution in [0.25, 0.3) is 11.0 Å². The quantitative estimate of drug-likeness (QED) is 0.744. The number of hydrogen-bond acceptors (Lipinski definition) is 2. The number of imidazole rings is 1. The van der Waals surface area contributed by atoms with E-state index >= 15 is 0 Å². The Morgan fingerprint density at radius 3 is 3.08 bits per heavy atom. The van der Waals surface area contributed by atoms with Crippen molar-refractivity contribution in [3.05, 3.63) is 30.1 Å². The maximum Gasteiger partial charge on any atom is 0.0955 e. The first-order valence-electron chi connectivity index (χ1n) is 4.32. The van der Waals surface area contributed by atoms with Crippen LogP contribution in [0.2, 0.25) is 0 Å². The Hall–Kier alpha value is -1.35. The molecule has 13 heavy (non-hydrogen) atoms. The number of para-hydroxylation sites is 1. The fourth-order valence-electron chi connectivity index (χ4n) is 1.54. The zero-order valence-corrected chi connectivity index (χ0v) is 7.57. The van der Waals surface area contributed by atoms with Gasteiger partial charge in [-0.25, -0.2) is 4.98 Å². The summed E-state index contributed by atoms with van der Waals surface area (Å²) in [5, 5.41) is 8.85. The molecule has 0 unspecified atom stereocenters. The second kappa shape index (κ2) is 3.18. The van der Waals surface area contributed by atoms with Crippen molar-refractivity contribution in [3.8, 4) is 0 Å². The van der Waals surface area contributed by atoms with Gasteiger partial charge in [0, 0.05) is 13.7 Å². The van der Waals surface area contributed by atoms with Gasteiger partial charge < -0.3 is 9.67 Å². The van der Waals surface area contributed by atoms with Gasteiger partial charge in [-0.05, 0) is 18.1 Å². The van der Waals surface area contributed by atoms with Crippen molar-refractivity contribution in [2.24, 2.45) is 7.05 Å². The summed E-state index contributed by atoms with van der Waals surface area (Å²) in [7, 11) is 1.97. The molecule has 0 aliphatic carbocycles. The molecule has 0 aliphatic heterocycles. The van der Waals surface area contributed by atoms with E-state index in [-0.39, 0.29) is 6.61 Å². The summed E-state index contributed by atoms with van der Waals surface area (Å²) in [6, 6.07) is 6.03. The molecule has 1 aromatic heterocycles. The Bertz CT molecular complexity index is 420. The lowest BCUT2D eigenvalue weighted by molar-refractivity contribution is 0.300. The number of aryl methyl sites for hydroxylation is 1. The molecule has 1 N–H and O–H groups in total. The van der Waals surface area contributed by atoms with Crippen molar-refractivity contribution in [3.63, 3.8) is 0 Å². The van der Waals surface area contributed by atoms with Crippen LogP contribution in [-0.2, 0) is 13.5 Å². The number of aliphatic hydroxyl groups excluding tert-OH is 1. The fraction of sp³-hybridized carbons (Fsp3) is 0.300. The highest BCUT2D eigenvalue weighted by molar-refractivity contribution is 5.78. The van der Waals surface area contributed by atoms with Crippen molar-refractivity contribution in [2.75, 3.05) is 6.61 Å². The van der Waals surface area contributed by atoms with Crippen molar-refractivity contribution < 1.29 is 5.11 Å². The maximum atomic E-state index is 8.85. The van der Waals surface area contributed by atoms with Crippen LogP contribution in [0.15, 0.2) is 24.5 Å². The summed E-state index contributed by atoms with van der Waals surface area (Å²) in [6.45, 7) is 0.176. The van der Waals surface area contributed by atoms with E-state index in [0.29, 0.717) is 6.42 Å². The standard InChI is InChI=1S/C10H12N2O/c1-12-7-11-10-8(5-6-13)3-2-4-9(10)12/h2-4,7,13H,5-6H2,1H3. The predicted molar refractivity (Wildman–Crippen MR) is 51.5 cm³/mol. The molecule has 0 saturated carbocycles. The van der Waals surface area contributed by atoms with Gasteiger partial charge in [0.15, 0.2) is 0 Å². The number of aromatic nitrogens is 2. The van der Waals surface area contributed by atoms with Gasteiger partial charge in [-0.2, -0.15) is 0 Å². The van der Waals surface area contributed by atoms with Gasteiger partial charge in [-0.1, -0.05) is 12.1 Å². The van der Waals surface area contributed by atoms with Crippen LogP contribution in [0.4, 0.5) is 0 Å². The van der Waals surface area contributed by atoms with Gasteiger partial charge in [-0.15, -0.1) is 0 Å². The second-order valence-electron chi connectivity index (χ2n) is 3.11. The van der Waals surface area contributed by atoms with Gasteiger partial charge in [-0.3, -0.25) is 0 Å². The number of aliphatic hydroxyl groups is 1. The summed E-state index contributed by atoms with van der Waals surface area (Å²) in [6.07, 6.45) is 2.47. The lowest BCUT2D eigenvalue weighted by atomic mass is 10.1. The average molecular weight is 176 g/mol. The normalized spacial score (nSPS) is 10.9. The smallest absolute Gasteiger partial charge is 0.0955 e. The van der Waals surface area contributed by atoms with E-state index in [4.69, 9.17) is 5.11 Å². The minimum Gasteiger partial charge on any atom is -0.396 e. The Morgan fingerprint density at radius 2 is 2.31 bits per heavy atom. The van der Waals surface area contributed by atoms with E-state index in [1.807, 2.05) is 29.8 Å². The maximum absolute atomic E-state index is 8.85. The zero-order chi connectivity index (χ0) is 9.26. The Labute approximate surface area is 76.6 Å². The highest BCUT2D eigenvalue weighted by atomic mass is 16.2. The summed E-state index contributed by atoms with van der Waals surface area (Å²) >= 11 is 0. The predicted octanol–water partition coefficient (Wildman–Crippen LogP) is 1.11.